The lowest BCUT2D eigenvalue weighted by Gasteiger charge is -2.10. The minimum Gasteiger partial charge on any atom is -0.480 e. The molecule has 5 N–H and O–H groups in total. The Labute approximate surface area is 108 Å². The third kappa shape index (κ3) is 4.37. The zero-order chi connectivity index (χ0) is 14.4. The van der Waals surface area contributed by atoms with Gasteiger partial charge in [-0.25, -0.2) is 9.78 Å². The van der Waals surface area contributed by atoms with Crippen LogP contribution in [0.4, 0.5) is 0 Å². The Morgan fingerprint density at radius 2 is 2.16 bits per heavy atom. The second-order valence-corrected chi connectivity index (χ2v) is 3.89. The number of H-pyrrole nitrogens is 1. The maximum atomic E-state index is 11.7. The molecule has 1 aromatic heterocycles. The summed E-state index contributed by atoms with van der Waals surface area (Å²) in [5, 5.41) is 17.2. The summed E-state index contributed by atoms with van der Waals surface area (Å²) in [5.74, 6) is -2.58. The van der Waals surface area contributed by atoms with Gasteiger partial charge in [-0.3, -0.25) is 14.7 Å². The van der Waals surface area contributed by atoms with Gasteiger partial charge in [0.2, 0.25) is 11.7 Å². The van der Waals surface area contributed by atoms with Gasteiger partial charge < -0.3 is 16.2 Å². The summed E-state index contributed by atoms with van der Waals surface area (Å²) in [7, 11) is 0. The number of nitrogens with one attached hydrogen (secondary N) is 2. The van der Waals surface area contributed by atoms with Crippen molar-refractivity contribution < 1.29 is 19.5 Å². The minimum atomic E-state index is -1.39. The smallest absolute Gasteiger partial charge is 0.326 e. The van der Waals surface area contributed by atoms with E-state index in [4.69, 9.17) is 10.8 Å². The quantitative estimate of drug-likeness (QED) is 0.488. The minimum absolute atomic E-state index is 0.167. The molecule has 9 heteroatoms. The predicted molar refractivity (Wildman–Crippen MR) is 63.1 cm³/mol. The van der Waals surface area contributed by atoms with E-state index < -0.39 is 30.2 Å². The van der Waals surface area contributed by atoms with Gasteiger partial charge in [-0.1, -0.05) is 6.92 Å². The van der Waals surface area contributed by atoms with Crippen molar-refractivity contribution in [3.05, 3.63) is 11.6 Å². The van der Waals surface area contributed by atoms with Gasteiger partial charge in [-0.15, -0.1) is 5.10 Å². The number of nitrogens with two attached hydrogens (primary N) is 1. The highest BCUT2D eigenvalue weighted by atomic mass is 16.4. The Bertz CT molecular complexity index is 484. The van der Waals surface area contributed by atoms with Crippen LogP contribution in [-0.2, 0) is 16.0 Å². The lowest BCUT2D eigenvalue weighted by atomic mass is 10.2. The Balaban J connectivity index is 2.70. The van der Waals surface area contributed by atoms with Crippen molar-refractivity contribution >= 4 is 17.8 Å². The SMILES string of the molecule is CCCc1nc(C(=O)N[C@@H](CC(N)=O)C(=O)O)n[nH]1. The van der Waals surface area contributed by atoms with E-state index in [1.165, 1.54) is 0 Å². The first-order valence-electron chi connectivity index (χ1n) is 5.67. The Hall–Kier alpha value is -2.45. The summed E-state index contributed by atoms with van der Waals surface area (Å²) in [5.41, 5.74) is 4.90. The number of carboxylic acids is 1. The molecule has 0 bridgehead atoms. The number of carbonyl (C=O) groups excluding carboxylic acids is 2. The molecule has 104 valence electrons. The molecule has 0 aliphatic carbocycles. The highest BCUT2D eigenvalue weighted by Crippen LogP contribution is 1.99. The van der Waals surface area contributed by atoms with Gasteiger partial charge in [-0.05, 0) is 6.42 Å². The average Bonchev–Trinajstić information content (AvgIpc) is 2.76. The second-order valence-electron chi connectivity index (χ2n) is 3.89. The van der Waals surface area contributed by atoms with Gasteiger partial charge in [-0.2, -0.15) is 0 Å². The van der Waals surface area contributed by atoms with Crippen LogP contribution in [0.2, 0.25) is 0 Å². The summed E-state index contributed by atoms with van der Waals surface area (Å²) < 4.78 is 0. The van der Waals surface area contributed by atoms with Crippen LogP contribution in [0.3, 0.4) is 0 Å². The molecule has 1 atom stereocenters. The summed E-state index contributed by atoms with van der Waals surface area (Å²) in [6.45, 7) is 1.94. The molecule has 0 aliphatic heterocycles. The number of aliphatic carboxylic acids is 1. The number of primary amides is 1. The molecule has 1 heterocycles. The average molecular weight is 269 g/mol. The van der Waals surface area contributed by atoms with Crippen LogP contribution in [0, 0.1) is 0 Å². The molecule has 19 heavy (non-hydrogen) atoms. The number of carbonyl (C=O) groups is 3. The summed E-state index contributed by atoms with van der Waals surface area (Å²) in [4.78, 5) is 37.1. The maximum absolute atomic E-state index is 11.7. The fourth-order valence-corrected chi connectivity index (χ4v) is 1.37. The molecule has 0 radical (unpaired) electrons. The van der Waals surface area contributed by atoms with Crippen molar-refractivity contribution in [2.24, 2.45) is 5.73 Å². The highest BCUT2D eigenvalue weighted by molar-refractivity contribution is 5.94. The molecule has 2 amide bonds. The van der Waals surface area contributed by atoms with Gasteiger partial charge in [0.15, 0.2) is 0 Å². The molecule has 0 fully saturated rings. The van der Waals surface area contributed by atoms with Gasteiger partial charge in [0.1, 0.15) is 11.9 Å². The number of hydrogen-bond donors (Lipinski definition) is 4. The van der Waals surface area contributed by atoms with E-state index in [1.807, 2.05) is 6.92 Å². The Morgan fingerprint density at radius 3 is 2.68 bits per heavy atom. The van der Waals surface area contributed by atoms with Crippen molar-refractivity contribution in [3.63, 3.8) is 0 Å². The highest BCUT2D eigenvalue weighted by Gasteiger charge is 2.24. The predicted octanol–water partition coefficient (Wildman–Crippen LogP) is -1.18. The number of hydrogen-bond acceptors (Lipinski definition) is 5. The maximum Gasteiger partial charge on any atom is 0.326 e. The van der Waals surface area contributed by atoms with Crippen molar-refractivity contribution in [1.29, 1.82) is 0 Å². The molecule has 0 saturated heterocycles. The fraction of sp³-hybridized carbons (Fsp3) is 0.500. The molecular weight excluding hydrogens is 254 g/mol. The lowest BCUT2D eigenvalue weighted by molar-refractivity contribution is -0.140. The lowest BCUT2D eigenvalue weighted by Crippen LogP contribution is -2.43. The first kappa shape index (κ1) is 14.6. The zero-order valence-corrected chi connectivity index (χ0v) is 10.3. The molecular formula is C10H15N5O4. The number of nitrogens with zero attached hydrogens (tertiary/aromatic N) is 2. The van der Waals surface area contributed by atoms with Crippen molar-refractivity contribution in [2.75, 3.05) is 0 Å². The van der Waals surface area contributed by atoms with E-state index in [1.54, 1.807) is 0 Å². The fourth-order valence-electron chi connectivity index (χ4n) is 1.37. The summed E-state index contributed by atoms with van der Waals surface area (Å²) >= 11 is 0. The van der Waals surface area contributed by atoms with Crippen molar-refractivity contribution in [2.45, 2.75) is 32.2 Å². The molecule has 9 nitrogen and oxygen atoms in total. The largest absolute Gasteiger partial charge is 0.480 e. The van der Waals surface area contributed by atoms with E-state index in [0.29, 0.717) is 12.2 Å². The number of amides is 2. The molecule has 0 spiro atoms. The third-order valence-electron chi connectivity index (χ3n) is 2.23. The topological polar surface area (TPSA) is 151 Å². The van der Waals surface area contributed by atoms with Gasteiger partial charge in [0, 0.05) is 6.42 Å². The first-order valence-corrected chi connectivity index (χ1v) is 5.67. The van der Waals surface area contributed by atoms with Crippen LogP contribution in [0.1, 0.15) is 36.2 Å². The van der Waals surface area contributed by atoms with Gasteiger partial charge in [0.05, 0.1) is 6.42 Å². The van der Waals surface area contributed by atoms with E-state index in [0.717, 1.165) is 6.42 Å². The number of aryl methyl sites for hydroxylation is 1. The monoisotopic (exact) mass is 269 g/mol. The molecule has 0 aromatic carbocycles. The van der Waals surface area contributed by atoms with E-state index in [2.05, 4.69) is 20.5 Å². The zero-order valence-electron chi connectivity index (χ0n) is 10.3. The van der Waals surface area contributed by atoms with Crippen LogP contribution in [0.15, 0.2) is 0 Å². The summed E-state index contributed by atoms with van der Waals surface area (Å²) in [6.07, 6.45) is 0.965. The normalized spacial score (nSPS) is 11.8. The molecule has 1 rings (SSSR count). The molecule has 0 saturated carbocycles. The van der Waals surface area contributed by atoms with Gasteiger partial charge >= 0.3 is 5.97 Å². The first-order chi connectivity index (χ1) is 8.93. The van der Waals surface area contributed by atoms with Crippen LogP contribution < -0.4 is 11.1 Å². The number of aromatic amines is 1. The van der Waals surface area contributed by atoms with Crippen LogP contribution >= 0.6 is 0 Å². The van der Waals surface area contributed by atoms with Crippen LogP contribution in [0.25, 0.3) is 0 Å². The third-order valence-corrected chi connectivity index (χ3v) is 2.23. The Kier molecular flexibility index (Phi) is 4.98. The van der Waals surface area contributed by atoms with Crippen molar-refractivity contribution in [3.8, 4) is 0 Å². The number of aromatic nitrogens is 3. The Morgan fingerprint density at radius 1 is 1.47 bits per heavy atom. The van der Waals surface area contributed by atoms with E-state index in [9.17, 15) is 14.4 Å². The van der Waals surface area contributed by atoms with Crippen LogP contribution in [-0.4, -0.2) is 44.1 Å². The molecule has 0 aliphatic rings. The van der Waals surface area contributed by atoms with Crippen LogP contribution in [0.5, 0.6) is 0 Å². The van der Waals surface area contributed by atoms with E-state index in [-0.39, 0.29) is 5.82 Å². The van der Waals surface area contributed by atoms with Crippen molar-refractivity contribution in [1.82, 2.24) is 20.5 Å². The molecule has 1 aromatic rings. The number of rotatable bonds is 7. The summed E-state index contributed by atoms with van der Waals surface area (Å²) in [6, 6.07) is -1.39. The van der Waals surface area contributed by atoms with Gasteiger partial charge in [0.25, 0.3) is 5.91 Å². The molecule has 0 unspecified atom stereocenters. The standard InChI is InChI=1S/C10H15N5O4/c1-2-3-7-13-8(15-14-7)9(17)12-5(10(18)19)4-6(11)16/h5H,2-4H2,1H3,(H2,11,16)(H,12,17)(H,18,19)(H,13,14,15)/t5-/m0/s1. The second kappa shape index (κ2) is 6.47. The van der Waals surface area contributed by atoms with E-state index >= 15 is 0 Å². The number of carboxylic acid groups (broad SMARTS) is 1.